The summed E-state index contributed by atoms with van der Waals surface area (Å²) in [5, 5.41) is 0. The second kappa shape index (κ2) is 8.65. The van der Waals surface area contributed by atoms with E-state index in [0.29, 0.717) is 12.3 Å². The Balaban J connectivity index is 3.01. The average Bonchev–Trinajstić information content (AvgIpc) is 2.86. The third-order valence-electron chi connectivity index (χ3n) is 5.35. The molecule has 1 rings (SSSR count). The molecule has 0 aromatic carbocycles. The smallest absolute Gasteiger partial charge is 0.344 e. The molecule has 6 heteroatoms. The molecule has 0 aromatic heterocycles. The van der Waals surface area contributed by atoms with Gasteiger partial charge in [0.05, 0.1) is 7.11 Å². The van der Waals surface area contributed by atoms with Crippen molar-refractivity contribution in [1.29, 1.82) is 0 Å². The van der Waals surface area contributed by atoms with Crippen LogP contribution < -0.4 is 0 Å². The molecule has 0 radical (unpaired) electrons. The molecule has 0 aromatic rings. The first-order valence-corrected chi connectivity index (χ1v) is 12.9. The van der Waals surface area contributed by atoms with E-state index in [9.17, 15) is 14.4 Å². The number of carbonyl (C=O) groups excluding carboxylic acids is 3. The zero-order chi connectivity index (χ0) is 21.2. The molecule has 0 amide bonds. The Kier molecular flexibility index (Phi) is 7.53. The summed E-state index contributed by atoms with van der Waals surface area (Å²) in [5.41, 5.74) is 1.10. The van der Waals surface area contributed by atoms with Crippen LogP contribution in [-0.2, 0) is 23.5 Å². The summed E-state index contributed by atoms with van der Waals surface area (Å²) >= 11 is 0. The Morgan fingerprint density at radius 1 is 1.37 bits per heavy atom. The molecule has 0 saturated carbocycles. The van der Waals surface area contributed by atoms with Crippen molar-refractivity contribution in [1.82, 2.24) is 0 Å². The number of Topliss-reactive ketones (excluding diaryl/α,β-unsaturated/α-hetero) is 1. The van der Waals surface area contributed by atoms with Crippen LogP contribution in [0.2, 0.25) is 19.6 Å². The zero-order valence-corrected chi connectivity index (χ0v) is 19.0. The number of hydrogen-bond donors (Lipinski definition) is 0. The topological polar surface area (TPSA) is 69.7 Å². The lowest BCUT2D eigenvalue weighted by Crippen LogP contribution is -2.54. The van der Waals surface area contributed by atoms with Crippen LogP contribution in [0.15, 0.2) is 23.3 Å². The number of rotatable bonds is 9. The Morgan fingerprint density at radius 3 is 2.37 bits per heavy atom. The number of methoxy groups -OCH3 is 1. The summed E-state index contributed by atoms with van der Waals surface area (Å²) in [6, 6.07) is 0. The van der Waals surface area contributed by atoms with Gasteiger partial charge in [0, 0.05) is 11.8 Å². The highest BCUT2D eigenvalue weighted by molar-refractivity contribution is 6.70. The summed E-state index contributed by atoms with van der Waals surface area (Å²) in [6.07, 6.45) is 2.15. The minimum absolute atomic E-state index is 0.0324. The summed E-state index contributed by atoms with van der Waals surface area (Å²) in [5.74, 6) is -1.16. The first-order valence-electron chi connectivity index (χ1n) is 9.44. The second-order valence-electron chi connectivity index (χ2n) is 8.81. The molecule has 27 heavy (non-hydrogen) atoms. The molecule has 5 nitrogen and oxygen atoms in total. The molecule has 0 heterocycles. The molecule has 1 aliphatic rings. The summed E-state index contributed by atoms with van der Waals surface area (Å²) in [4.78, 5) is 37.0. The molecule has 152 valence electrons. The van der Waals surface area contributed by atoms with Crippen LogP contribution in [0.25, 0.3) is 0 Å². The predicted octanol–water partition coefficient (Wildman–Crippen LogP) is 4.09. The van der Waals surface area contributed by atoms with Gasteiger partial charge in [0.2, 0.25) is 5.60 Å². The van der Waals surface area contributed by atoms with Gasteiger partial charge in [0.25, 0.3) is 0 Å². The molecule has 0 saturated heterocycles. The number of ether oxygens (including phenoxy) is 1. The molecule has 0 fully saturated rings. The number of carbonyl (C=O) groups is 3. The Hall–Kier alpha value is -1.53. The fourth-order valence-corrected chi connectivity index (χ4v) is 5.29. The Labute approximate surface area is 164 Å². The SMILES string of the molecule is C=C(C[C@H](C)C(=O)[C@](C)(O[Si](C)(C)C)C(=O)OC)[C@H]1C[C@@H](C)C(C)=C1C=O. The van der Waals surface area contributed by atoms with Crippen LogP contribution >= 0.6 is 0 Å². The number of esters is 1. The molecular formula is C21H34O5Si. The molecule has 0 N–H and O–H groups in total. The van der Waals surface area contributed by atoms with E-state index in [1.165, 1.54) is 14.0 Å². The maximum absolute atomic E-state index is 13.1. The van der Waals surface area contributed by atoms with Crippen molar-refractivity contribution >= 4 is 26.4 Å². The quantitative estimate of drug-likeness (QED) is 0.194. The highest BCUT2D eigenvalue weighted by atomic mass is 28.4. The van der Waals surface area contributed by atoms with Gasteiger partial charge in [-0.05, 0) is 57.8 Å². The minimum Gasteiger partial charge on any atom is -0.467 e. The van der Waals surface area contributed by atoms with Gasteiger partial charge in [-0.1, -0.05) is 31.6 Å². The van der Waals surface area contributed by atoms with Crippen molar-refractivity contribution in [2.45, 2.75) is 65.8 Å². The maximum Gasteiger partial charge on any atom is 0.344 e. The van der Waals surface area contributed by atoms with Gasteiger partial charge in [-0.15, -0.1) is 0 Å². The van der Waals surface area contributed by atoms with E-state index < -0.39 is 25.8 Å². The fourth-order valence-electron chi connectivity index (χ4n) is 3.88. The van der Waals surface area contributed by atoms with Gasteiger partial charge in [-0.25, -0.2) is 4.79 Å². The van der Waals surface area contributed by atoms with Crippen molar-refractivity contribution < 1.29 is 23.5 Å². The van der Waals surface area contributed by atoms with Crippen molar-refractivity contribution in [2.24, 2.45) is 17.8 Å². The van der Waals surface area contributed by atoms with Crippen LogP contribution in [0.1, 0.15) is 40.5 Å². The molecule has 0 unspecified atom stereocenters. The highest BCUT2D eigenvalue weighted by Crippen LogP contribution is 2.41. The van der Waals surface area contributed by atoms with Gasteiger partial charge in [-0.2, -0.15) is 0 Å². The third-order valence-corrected chi connectivity index (χ3v) is 6.37. The Bertz CT molecular complexity index is 658. The maximum atomic E-state index is 13.1. The number of aldehydes is 1. The summed E-state index contributed by atoms with van der Waals surface area (Å²) in [7, 11) is -0.920. The van der Waals surface area contributed by atoms with Crippen molar-refractivity contribution in [3.63, 3.8) is 0 Å². The van der Waals surface area contributed by atoms with Gasteiger partial charge in [0.1, 0.15) is 6.29 Å². The van der Waals surface area contributed by atoms with Crippen LogP contribution in [0.5, 0.6) is 0 Å². The summed E-state index contributed by atoms with van der Waals surface area (Å²) in [6.45, 7) is 17.3. The van der Waals surface area contributed by atoms with E-state index >= 15 is 0 Å². The van der Waals surface area contributed by atoms with Crippen LogP contribution in [0.3, 0.4) is 0 Å². The molecule has 0 bridgehead atoms. The van der Waals surface area contributed by atoms with Crippen LogP contribution in [0, 0.1) is 17.8 Å². The molecular weight excluding hydrogens is 360 g/mol. The van der Waals surface area contributed by atoms with E-state index in [-0.39, 0.29) is 11.7 Å². The van der Waals surface area contributed by atoms with Crippen LogP contribution in [-0.4, -0.2) is 39.1 Å². The van der Waals surface area contributed by atoms with E-state index in [2.05, 4.69) is 13.5 Å². The van der Waals surface area contributed by atoms with Crippen molar-refractivity contribution in [3.05, 3.63) is 23.3 Å². The average molecular weight is 395 g/mol. The minimum atomic E-state index is -2.18. The molecule has 0 spiro atoms. The largest absolute Gasteiger partial charge is 0.467 e. The van der Waals surface area contributed by atoms with Gasteiger partial charge in [0.15, 0.2) is 14.1 Å². The normalized spacial score (nSPS) is 23.6. The zero-order valence-electron chi connectivity index (χ0n) is 18.0. The number of hydrogen-bond acceptors (Lipinski definition) is 5. The molecule has 0 aliphatic heterocycles. The fraction of sp³-hybridized carbons (Fsp3) is 0.667. The summed E-state index contributed by atoms with van der Waals surface area (Å²) < 4.78 is 10.8. The van der Waals surface area contributed by atoms with Gasteiger partial charge in [-0.3, -0.25) is 9.59 Å². The first-order chi connectivity index (χ1) is 12.3. The van der Waals surface area contributed by atoms with Crippen molar-refractivity contribution in [2.75, 3.05) is 7.11 Å². The van der Waals surface area contributed by atoms with Gasteiger partial charge < -0.3 is 9.16 Å². The Morgan fingerprint density at radius 2 is 1.93 bits per heavy atom. The standard InChI is InChI=1S/C21H34O5Si/c1-13-11-17(18(12-22)16(13)4)14(2)10-15(3)19(23)21(5,20(24)25-6)26-27(7,8)9/h12-13,15,17H,2,10-11H2,1,3-9H3/t13-,15+,17-,21+/m1/s1. The highest BCUT2D eigenvalue weighted by Gasteiger charge is 2.48. The molecule has 1 aliphatic carbocycles. The molecule has 4 atom stereocenters. The lowest BCUT2D eigenvalue weighted by molar-refractivity contribution is -0.165. The van der Waals surface area contributed by atoms with Crippen LogP contribution in [0.4, 0.5) is 0 Å². The lowest BCUT2D eigenvalue weighted by atomic mass is 9.82. The number of allylic oxidation sites excluding steroid dienone is 3. The van der Waals surface area contributed by atoms with E-state index in [1.807, 2.05) is 26.6 Å². The monoisotopic (exact) mass is 394 g/mol. The lowest BCUT2D eigenvalue weighted by Gasteiger charge is -2.34. The van der Waals surface area contributed by atoms with E-state index in [4.69, 9.17) is 9.16 Å². The first kappa shape index (κ1) is 23.5. The van der Waals surface area contributed by atoms with Crippen molar-refractivity contribution in [3.8, 4) is 0 Å². The van der Waals surface area contributed by atoms with E-state index in [1.54, 1.807) is 6.92 Å². The van der Waals surface area contributed by atoms with E-state index in [0.717, 1.165) is 29.4 Å². The third kappa shape index (κ3) is 5.26. The van der Waals surface area contributed by atoms with Gasteiger partial charge >= 0.3 is 5.97 Å². The number of ketones is 1. The predicted molar refractivity (Wildman–Crippen MR) is 109 cm³/mol. The second-order valence-corrected chi connectivity index (χ2v) is 13.2.